The zero-order valence-corrected chi connectivity index (χ0v) is 8.44. The van der Waals surface area contributed by atoms with Crippen molar-refractivity contribution < 1.29 is 0 Å². The van der Waals surface area contributed by atoms with Crippen molar-refractivity contribution in [3.63, 3.8) is 0 Å². The Morgan fingerprint density at radius 2 is 1.55 bits per heavy atom. The molecule has 66 valence electrons. The highest BCUT2D eigenvalue weighted by Gasteiger charge is 1.69. The summed E-state index contributed by atoms with van der Waals surface area (Å²) in [5.74, 6) is 0. The van der Waals surface area contributed by atoms with Gasteiger partial charge in [-0.25, -0.2) is 0 Å². The van der Waals surface area contributed by atoms with Crippen LogP contribution in [0.3, 0.4) is 0 Å². The maximum absolute atomic E-state index is 6.59. The summed E-state index contributed by atoms with van der Waals surface area (Å²) in [7, 11) is 0. The molecule has 1 heteroatoms. The summed E-state index contributed by atoms with van der Waals surface area (Å²) in [5.41, 5.74) is 1.02. The number of nitrogens with one attached hydrogen (secondary N) is 1. The topological polar surface area (TPSA) is 23.9 Å². The van der Waals surface area contributed by atoms with Gasteiger partial charge in [-0.15, -0.1) is 0 Å². The Morgan fingerprint density at radius 1 is 1.18 bits per heavy atom. The zero-order chi connectivity index (χ0) is 9.70. The van der Waals surface area contributed by atoms with Crippen LogP contribution < -0.4 is 0 Å². The number of hydrogen-bond donors (Lipinski definition) is 1. The largest absolute Gasteiger partial charge is 0.309 e. The van der Waals surface area contributed by atoms with Crippen LogP contribution in [0.5, 0.6) is 0 Å². The third-order valence-electron chi connectivity index (χ3n) is 0.668. The molecule has 0 fully saturated rings. The van der Waals surface area contributed by atoms with Crippen molar-refractivity contribution in [2.45, 2.75) is 34.6 Å². The van der Waals surface area contributed by atoms with Crippen LogP contribution in [-0.4, -0.2) is 6.21 Å². The van der Waals surface area contributed by atoms with Crippen LogP contribution in [0.4, 0.5) is 0 Å². The van der Waals surface area contributed by atoms with E-state index in [0.29, 0.717) is 0 Å². The molecule has 11 heavy (non-hydrogen) atoms. The Hall–Kier alpha value is -0.850. The summed E-state index contributed by atoms with van der Waals surface area (Å²) in [6.45, 7) is 13.4. The molecule has 0 aromatic heterocycles. The first kappa shape index (κ1) is 16.6. The van der Waals surface area contributed by atoms with Gasteiger partial charge in [-0.3, -0.25) is 0 Å². The van der Waals surface area contributed by atoms with Crippen molar-refractivity contribution in [1.29, 1.82) is 5.41 Å². The predicted molar refractivity (Wildman–Crippen MR) is 55.4 cm³/mol. The second-order valence-electron chi connectivity index (χ2n) is 1.28. The van der Waals surface area contributed by atoms with E-state index in [9.17, 15) is 0 Å². The number of allylic oxidation sites excluding steroid dienone is 3. The molecule has 0 aliphatic heterocycles. The first-order valence-corrected chi connectivity index (χ1v) is 4.11. The molecule has 0 aromatic carbocycles. The van der Waals surface area contributed by atoms with Gasteiger partial charge in [0.15, 0.2) is 0 Å². The molecule has 0 bridgehead atoms. The fourth-order valence-corrected chi connectivity index (χ4v) is 0.199. The standard InChI is InChI=1S/C6H9N.2C2H6/c1-3-6(2)4-5-7;2*1-2/h3-5,7H,1H2,2H3;2*1-2H3/b6-4-,7-5?;;. The van der Waals surface area contributed by atoms with Crippen molar-refractivity contribution in [3.05, 3.63) is 24.3 Å². The van der Waals surface area contributed by atoms with E-state index >= 15 is 0 Å². The van der Waals surface area contributed by atoms with Crippen molar-refractivity contribution in [2.24, 2.45) is 0 Å². The third-order valence-corrected chi connectivity index (χ3v) is 0.668. The van der Waals surface area contributed by atoms with E-state index in [2.05, 4.69) is 6.58 Å². The van der Waals surface area contributed by atoms with Gasteiger partial charge in [0.25, 0.3) is 0 Å². The van der Waals surface area contributed by atoms with Crippen molar-refractivity contribution >= 4 is 6.21 Å². The predicted octanol–water partition coefficient (Wildman–Crippen LogP) is 3.82. The van der Waals surface area contributed by atoms with E-state index in [-0.39, 0.29) is 0 Å². The minimum absolute atomic E-state index is 1.02. The van der Waals surface area contributed by atoms with Gasteiger partial charge in [-0.1, -0.05) is 45.9 Å². The average Bonchev–Trinajstić information content (AvgIpc) is 2.12. The molecule has 0 aliphatic carbocycles. The van der Waals surface area contributed by atoms with Gasteiger partial charge >= 0.3 is 0 Å². The summed E-state index contributed by atoms with van der Waals surface area (Å²) in [6.07, 6.45) is 4.65. The lowest BCUT2D eigenvalue weighted by molar-refractivity contribution is 1.50. The fourth-order valence-electron chi connectivity index (χ4n) is 0.199. The highest BCUT2D eigenvalue weighted by atomic mass is 14.3. The summed E-state index contributed by atoms with van der Waals surface area (Å²) >= 11 is 0. The van der Waals surface area contributed by atoms with Gasteiger partial charge in [0.2, 0.25) is 0 Å². The molecule has 0 amide bonds. The minimum Gasteiger partial charge on any atom is -0.309 e. The Kier molecular flexibility index (Phi) is 34.6. The molecular weight excluding hydrogens is 134 g/mol. The monoisotopic (exact) mass is 155 g/mol. The number of hydrogen-bond acceptors (Lipinski definition) is 1. The molecule has 0 unspecified atom stereocenters. The molecule has 0 saturated carbocycles. The van der Waals surface area contributed by atoms with Gasteiger partial charge in [0, 0.05) is 6.21 Å². The van der Waals surface area contributed by atoms with Crippen LogP contribution in [0.1, 0.15) is 34.6 Å². The van der Waals surface area contributed by atoms with Crippen LogP contribution in [0.15, 0.2) is 24.3 Å². The Balaban J connectivity index is -0.000000138. The maximum atomic E-state index is 6.59. The summed E-state index contributed by atoms with van der Waals surface area (Å²) in [6, 6.07) is 0. The molecule has 0 aromatic rings. The lowest BCUT2D eigenvalue weighted by atomic mass is 10.3. The van der Waals surface area contributed by atoms with Crippen molar-refractivity contribution in [1.82, 2.24) is 0 Å². The average molecular weight is 155 g/mol. The molecule has 0 spiro atoms. The molecule has 0 saturated heterocycles. The van der Waals surface area contributed by atoms with Crippen molar-refractivity contribution in [2.75, 3.05) is 0 Å². The highest BCUT2D eigenvalue weighted by Crippen LogP contribution is 1.87. The van der Waals surface area contributed by atoms with Gasteiger partial charge in [0.1, 0.15) is 0 Å². The second kappa shape index (κ2) is 22.9. The molecule has 0 heterocycles. The lowest BCUT2D eigenvalue weighted by Gasteiger charge is -1.79. The lowest BCUT2D eigenvalue weighted by Crippen LogP contribution is -1.64. The van der Waals surface area contributed by atoms with Crippen LogP contribution >= 0.6 is 0 Å². The molecule has 1 nitrogen and oxygen atoms in total. The summed E-state index contributed by atoms with van der Waals surface area (Å²) in [5, 5.41) is 6.59. The van der Waals surface area contributed by atoms with E-state index in [4.69, 9.17) is 5.41 Å². The van der Waals surface area contributed by atoms with E-state index in [0.717, 1.165) is 5.57 Å². The van der Waals surface area contributed by atoms with E-state index in [1.807, 2.05) is 34.6 Å². The third kappa shape index (κ3) is 27.2. The molecule has 0 radical (unpaired) electrons. The van der Waals surface area contributed by atoms with Crippen molar-refractivity contribution in [3.8, 4) is 0 Å². The molecule has 1 N–H and O–H groups in total. The minimum atomic E-state index is 1.02. The molecule has 0 rings (SSSR count). The van der Waals surface area contributed by atoms with Gasteiger partial charge in [-0.2, -0.15) is 0 Å². The Morgan fingerprint density at radius 3 is 1.64 bits per heavy atom. The number of rotatable bonds is 2. The fraction of sp³-hybridized carbons (Fsp3) is 0.500. The normalized spacial score (nSPS) is 7.91. The van der Waals surface area contributed by atoms with E-state index in [1.54, 1.807) is 12.2 Å². The van der Waals surface area contributed by atoms with Gasteiger partial charge in [0.05, 0.1) is 0 Å². The van der Waals surface area contributed by atoms with Gasteiger partial charge < -0.3 is 5.41 Å². The quantitative estimate of drug-likeness (QED) is 0.463. The Bertz CT molecular complexity index is 101. The van der Waals surface area contributed by atoms with E-state index < -0.39 is 0 Å². The van der Waals surface area contributed by atoms with Crippen LogP contribution in [0.2, 0.25) is 0 Å². The van der Waals surface area contributed by atoms with Crippen LogP contribution in [-0.2, 0) is 0 Å². The molecular formula is C10H21N. The zero-order valence-electron chi connectivity index (χ0n) is 8.44. The first-order valence-electron chi connectivity index (χ1n) is 4.11. The van der Waals surface area contributed by atoms with Crippen LogP contribution in [0, 0.1) is 5.41 Å². The van der Waals surface area contributed by atoms with E-state index in [1.165, 1.54) is 6.21 Å². The highest BCUT2D eigenvalue weighted by molar-refractivity contribution is 5.69. The maximum Gasteiger partial charge on any atom is 0.0180 e. The Labute approximate surface area is 71.3 Å². The second-order valence-corrected chi connectivity index (χ2v) is 1.28. The first-order chi connectivity index (χ1) is 5.31. The molecule has 0 atom stereocenters. The summed E-state index contributed by atoms with van der Waals surface area (Å²) in [4.78, 5) is 0. The van der Waals surface area contributed by atoms with Crippen LogP contribution in [0.25, 0.3) is 0 Å². The van der Waals surface area contributed by atoms with Gasteiger partial charge in [-0.05, 0) is 13.0 Å². The SMILES string of the molecule is C=C/C(C)=C\C=N.CC.CC. The molecule has 0 aliphatic rings. The summed E-state index contributed by atoms with van der Waals surface area (Å²) < 4.78 is 0. The smallest absolute Gasteiger partial charge is 0.0180 e.